The Morgan fingerprint density at radius 3 is 2.69 bits per heavy atom. The van der Waals surface area contributed by atoms with Gasteiger partial charge in [-0.25, -0.2) is 0 Å². The van der Waals surface area contributed by atoms with E-state index in [1.807, 2.05) is 0 Å². The van der Waals surface area contributed by atoms with Crippen LogP contribution in [0.5, 0.6) is 0 Å². The molecule has 2 fully saturated rings. The van der Waals surface area contributed by atoms with Crippen molar-refractivity contribution >= 4 is 0 Å². The molecule has 1 spiro atoms. The van der Waals surface area contributed by atoms with Gasteiger partial charge >= 0.3 is 0 Å². The van der Waals surface area contributed by atoms with Gasteiger partial charge in [0.2, 0.25) is 0 Å². The average molecular weight is 227 g/mol. The normalized spacial score (nSPS) is 29.8. The molecule has 0 aromatic carbocycles. The number of rotatable bonds is 3. The van der Waals surface area contributed by atoms with E-state index in [0.717, 1.165) is 19.5 Å². The summed E-state index contributed by atoms with van der Waals surface area (Å²) in [7, 11) is 1.78. The summed E-state index contributed by atoms with van der Waals surface area (Å²) in [6.45, 7) is 6.27. The van der Waals surface area contributed by atoms with Crippen LogP contribution in [0.15, 0.2) is 0 Å². The lowest BCUT2D eigenvalue weighted by atomic mass is 9.95. The lowest BCUT2D eigenvalue weighted by Gasteiger charge is -2.41. The monoisotopic (exact) mass is 227 g/mol. The molecule has 2 aliphatic rings. The first-order chi connectivity index (χ1) is 7.55. The van der Waals surface area contributed by atoms with Gasteiger partial charge in [0.1, 0.15) is 0 Å². The summed E-state index contributed by atoms with van der Waals surface area (Å²) in [6.07, 6.45) is 6.37. The zero-order chi connectivity index (χ0) is 11.6. The molecule has 0 amide bonds. The lowest BCUT2D eigenvalue weighted by Crippen LogP contribution is -2.53. The van der Waals surface area contributed by atoms with Crippen LogP contribution in [0.2, 0.25) is 0 Å². The third-order valence-electron chi connectivity index (χ3n) is 4.02. The Labute approximate surface area is 98.9 Å². The highest BCUT2D eigenvalue weighted by Gasteiger charge is 2.40. The maximum Gasteiger partial charge on any atom is 0.0810 e. The van der Waals surface area contributed by atoms with Gasteiger partial charge in [-0.1, -0.05) is 12.8 Å². The van der Waals surface area contributed by atoms with Crippen LogP contribution < -0.4 is 5.32 Å². The summed E-state index contributed by atoms with van der Waals surface area (Å²) in [5.74, 6) is 0. The van der Waals surface area contributed by atoms with Gasteiger partial charge in [0, 0.05) is 26.6 Å². The quantitative estimate of drug-likeness (QED) is 0.801. The number of methoxy groups -OCH3 is 1. The Bertz CT molecular complexity index is 234. The molecule has 0 radical (unpaired) electrons. The van der Waals surface area contributed by atoms with Crippen LogP contribution in [0.1, 0.15) is 46.0 Å². The van der Waals surface area contributed by atoms with E-state index in [1.54, 1.807) is 7.11 Å². The second-order valence-corrected chi connectivity index (χ2v) is 5.93. The van der Waals surface area contributed by atoms with Gasteiger partial charge in [-0.15, -0.1) is 0 Å². The molecule has 1 saturated heterocycles. The molecule has 0 bridgehead atoms. The zero-order valence-electron chi connectivity index (χ0n) is 10.8. The Balaban J connectivity index is 1.91. The maximum absolute atomic E-state index is 6.33. The largest absolute Gasteiger partial charge is 0.379 e. The van der Waals surface area contributed by atoms with Crippen LogP contribution in [-0.2, 0) is 9.47 Å². The van der Waals surface area contributed by atoms with Crippen LogP contribution in [0.25, 0.3) is 0 Å². The second kappa shape index (κ2) is 4.63. The molecule has 16 heavy (non-hydrogen) atoms. The van der Waals surface area contributed by atoms with E-state index in [9.17, 15) is 0 Å². The van der Waals surface area contributed by atoms with Crippen LogP contribution in [0.3, 0.4) is 0 Å². The van der Waals surface area contributed by atoms with Crippen LogP contribution in [0.4, 0.5) is 0 Å². The summed E-state index contributed by atoms with van der Waals surface area (Å²) in [6, 6.07) is 0. The molecule has 1 aliphatic heterocycles. The Hall–Kier alpha value is -0.120. The molecule has 1 unspecified atom stereocenters. The lowest BCUT2D eigenvalue weighted by molar-refractivity contribution is -0.136. The minimum absolute atomic E-state index is 0.0799. The van der Waals surface area contributed by atoms with Crippen molar-refractivity contribution < 1.29 is 9.47 Å². The highest BCUT2D eigenvalue weighted by molar-refractivity contribution is 4.94. The minimum Gasteiger partial charge on any atom is -0.379 e. The van der Waals surface area contributed by atoms with E-state index in [4.69, 9.17) is 9.47 Å². The number of morpholine rings is 1. The van der Waals surface area contributed by atoms with Crippen molar-refractivity contribution in [3.63, 3.8) is 0 Å². The van der Waals surface area contributed by atoms with Gasteiger partial charge in [-0.05, 0) is 26.7 Å². The molecule has 0 aromatic heterocycles. The molecule has 94 valence electrons. The third-order valence-corrected chi connectivity index (χ3v) is 4.02. The molecule has 2 rings (SSSR count). The smallest absolute Gasteiger partial charge is 0.0810 e. The summed E-state index contributed by atoms with van der Waals surface area (Å²) in [4.78, 5) is 0. The minimum atomic E-state index is -0.0799. The van der Waals surface area contributed by atoms with Gasteiger partial charge in [-0.2, -0.15) is 0 Å². The molecule has 1 N–H and O–H groups in total. The van der Waals surface area contributed by atoms with E-state index in [0.29, 0.717) is 6.10 Å². The number of ether oxygens (including phenoxy) is 2. The van der Waals surface area contributed by atoms with Gasteiger partial charge in [0.25, 0.3) is 0 Å². The first kappa shape index (κ1) is 12.3. The summed E-state index contributed by atoms with van der Waals surface area (Å²) in [5, 5.41) is 3.53. The van der Waals surface area contributed by atoms with Crippen LogP contribution >= 0.6 is 0 Å². The first-order valence-corrected chi connectivity index (χ1v) is 6.49. The predicted octanol–water partition coefficient (Wildman–Crippen LogP) is 2.10. The van der Waals surface area contributed by atoms with Gasteiger partial charge in [0.05, 0.1) is 17.3 Å². The molecule has 0 aromatic rings. The SMILES string of the molecule is COC(C)(C)CC1CNCC2(CCCC2)O1. The average Bonchev–Trinajstić information content (AvgIpc) is 2.66. The molecule has 3 nitrogen and oxygen atoms in total. The number of hydrogen-bond donors (Lipinski definition) is 1. The fourth-order valence-electron chi connectivity index (χ4n) is 2.96. The third kappa shape index (κ3) is 2.76. The van der Waals surface area contributed by atoms with Crippen molar-refractivity contribution in [3.05, 3.63) is 0 Å². The van der Waals surface area contributed by atoms with Crippen LogP contribution in [0, 0.1) is 0 Å². The fraction of sp³-hybridized carbons (Fsp3) is 1.00. The van der Waals surface area contributed by atoms with Crippen molar-refractivity contribution in [1.82, 2.24) is 5.32 Å². The summed E-state index contributed by atoms with van der Waals surface area (Å²) in [5.41, 5.74) is 0.0657. The van der Waals surface area contributed by atoms with Crippen molar-refractivity contribution in [2.75, 3.05) is 20.2 Å². The topological polar surface area (TPSA) is 30.5 Å². The molecule has 1 saturated carbocycles. The van der Waals surface area contributed by atoms with Crippen molar-refractivity contribution in [3.8, 4) is 0 Å². The first-order valence-electron chi connectivity index (χ1n) is 6.49. The van der Waals surface area contributed by atoms with Gasteiger partial charge in [0.15, 0.2) is 0 Å². The van der Waals surface area contributed by atoms with E-state index in [-0.39, 0.29) is 11.2 Å². The predicted molar refractivity (Wildman–Crippen MR) is 64.6 cm³/mol. The van der Waals surface area contributed by atoms with Crippen molar-refractivity contribution in [2.24, 2.45) is 0 Å². The van der Waals surface area contributed by atoms with Crippen molar-refractivity contribution in [2.45, 2.75) is 63.3 Å². The van der Waals surface area contributed by atoms with Gasteiger partial charge in [-0.3, -0.25) is 0 Å². The van der Waals surface area contributed by atoms with Gasteiger partial charge < -0.3 is 14.8 Å². The molecule has 1 atom stereocenters. The van der Waals surface area contributed by atoms with Crippen LogP contribution in [-0.4, -0.2) is 37.5 Å². The highest BCUT2D eigenvalue weighted by Crippen LogP contribution is 2.36. The fourth-order valence-corrected chi connectivity index (χ4v) is 2.96. The zero-order valence-corrected chi connectivity index (χ0v) is 10.8. The molecule has 1 aliphatic carbocycles. The highest BCUT2D eigenvalue weighted by atomic mass is 16.5. The number of nitrogens with one attached hydrogen (secondary N) is 1. The second-order valence-electron chi connectivity index (χ2n) is 5.93. The Morgan fingerprint density at radius 2 is 2.06 bits per heavy atom. The summed E-state index contributed by atoms with van der Waals surface area (Å²) < 4.78 is 11.8. The summed E-state index contributed by atoms with van der Waals surface area (Å²) >= 11 is 0. The standard InChI is InChI=1S/C13H25NO2/c1-12(2,15-3)8-11-9-14-10-13(16-11)6-4-5-7-13/h11,14H,4-10H2,1-3H3. The van der Waals surface area contributed by atoms with E-state index >= 15 is 0 Å². The number of hydrogen-bond acceptors (Lipinski definition) is 3. The van der Waals surface area contributed by atoms with Crippen molar-refractivity contribution in [1.29, 1.82) is 0 Å². The maximum atomic E-state index is 6.33. The Kier molecular flexibility index (Phi) is 3.57. The Morgan fingerprint density at radius 1 is 1.38 bits per heavy atom. The molecule has 1 heterocycles. The van der Waals surface area contributed by atoms with E-state index in [1.165, 1.54) is 25.7 Å². The molecule has 3 heteroatoms. The van der Waals surface area contributed by atoms with E-state index < -0.39 is 0 Å². The molecular formula is C13H25NO2. The molecular weight excluding hydrogens is 202 g/mol. The van der Waals surface area contributed by atoms with E-state index in [2.05, 4.69) is 19.2 Å².